The lowest BCUT2D eigenvalue weighted by atomic mass is 9.64. The van der Waals surface area contributed by atoms with E-state index in [4.69, 9.17) is 4.74 Å². The van der Waals surface area contributed by atoms with Crippen molar-refractivity contribution in [1.29, 1.82) is 0 Å². The van der Waals surface area contributed by atoms with Crippen LogP contribution in [-0.4, -0.2) is 24.6 Å². The second-order valence-corrected chi connectivity index (χ2v) is 6.88. The second-order valence-electron chi connectivity index (χ2n) is 5.49. The Kier molecular flexibility index (Phi) is 2.49. The minimum Gasteiger partial charge on any atom is -0.468 e. The molecule has 5 heteroatoms. The molecule has 1 aliphatic carbocycles. The Morgan fingerprint density at radius 1 is 1.19 bits per heavy atom. The van der Waals surface area contributed by atoms with E-state index < -0.39 is 22.6 Å². The molecule has 1 aromatic carbocycles. The van der Waals surface area contributed by atoms with Gasteiger partial charge in [0.25, 0.3) is 0 Å². The summed E-state index contributed by atoms with van der Waals surface area (Å²) in [6, 6.07) is 7.55. The van der Waals surface area contributed by atoms with Crippen LogP contribution < -0.4 is 0 Å². The highest BCUT2D eigenvalue weighted by molar-refractivity contribution is 8.01. The smallest absolute Gasteiger partial charge is 0.327 e. The van der Waals surface area contributed by atoms with E-state index in [1.807, 2.05) is 24.3 Å². The minimum atomic E-state index is -1.07. The van der Waals surface area contributed by atoms with Crippen molar-refractivity contribution in [3.05, 3.63) is 47.5 Å². The topological polar surface area (TPSA) is 60.4 Å². The van der Waals surface area contributed by atoms with E-state index in [9.17, 15) is 14.4 Å². The van der Waals surface area contributed by atoms with Crippen molar-refractivity contribution in [2.45, 2.75) is 10.00 Å². The first-order valence-electron chi connectivity index (χ1n) is 6.72. The molecule has 4 atom stereocenters. The summed E-state index contributed by atoms with van der Waals surface area (Å²) in [6.45, 7) is 0. The van der Waals surface area contributed by atoms with Gasteiger partial charge in [-0.05, 0) is 23.3 Å². The van der Waals surface area contributed by atoms with Gasteiger partial charge in [-0.15, -0.1) is 11.8 Å². The summed E-state index contributed by atoms with van der Waals surface area (Å²) in [5.41, 5.74) is 1.80. The molecule has 0 spiro atoms. The van der Waals surface area contributed by atoms with Gasteiger partial charge >= 0.3 is 5.97 Å². The van der Waals surface area contributed by atoms with Gasteiger partial charge in [-0.1, -0.05) is 24.3 Å². The number of methoxy groups -OCH3 is 1. The van der Waals surface area contributed by atoms with Gasteiger partial charge in [-0.2, -0.15) is 0 Å². The molecule has 1 aromatic rings. The van der Waals surface area contributed by atoms with Gasteiger partial charge in [0.05, 0.1) is 18.9 Å². The molecule has 2 bridgehead atoms. The lowest BCUT2D eigenvalue weighted by Gasteiger charge is -2.36. The molecule has 0 N–H and O–H groups in total. The minimum absolute atomic E-state index is 0.0719. The monoisotopic (exact) mass is 300 g/mol. The molecule has 0 aromatic heterocycles. The van der Waals surface area contributed by atoms with E-state index in [-0.39, 0.29) is 16.8 Å². The molecule has 1 fully saturated rings. The largest absolute Gasteiger partial charge is 0.468 e. The number of rotatable bonds is 1. The zero-order valence-electron chi connectivity index (χ0n) is 11.2. The van der Waals surface area contributed by atoms with Crippen molar-refractivity contribution < 1.29 is 19.1 Å². The molecule has 2 aliphatic heterocycles. The van der Waals surface area contributed by atoms with Gasteiger partial charge in [0, 0.05) is 5.25 Å². The normalized spacial score (nSPS) is 35.6. The highest BCUT2D eigenvalue weighted by Gasteiger charge is 2.69. The van der Waals surface area contributed by atoms with E-state index in [1.54, 1.807) is 0 Å². The Bertz CT molecular complexity index is 723. The van der Waals surface area contributed by atoms with E-state index in [1.165, 1.54) is 31.0 Å². The highest BCUT2D eigenvalue weighted by Crippen LogP contribution is 2.71. The van der Waals surface area contributed by atoms with Crippen LogP contribution in [0.4, 0.5) is 0 Å². The van der Waals surface area contributed by atoms with Gasteiger partial charge in [-0.25, -0.2) is 0 Å². The summed E-state index contributed by atoms with van der Waals surface area (Å²) < 4.78 is 3.93. The average Bonchev–Trinajstić information content (AvgIpc) is 3.04. The van der Waals surface area contributed by atoms with Crippen LogP contribution in [0.15, 0.2) is 36.4 Å². The number of fused-ring (bicyclic) bond motifs is 8. The Morgan fingerprint density at radius 3 is 2.67 bits per heavy atom. The van der Waals surface area contributed by atoms with E-state index in [2.05, 4.69) is 0 Å². The fraction of sp³-hybridized carbons (Fsp3) is 0.312. The predicted molar refractivity (Wildman–Crippen MR) is 76.6 cm³/mol. The molecule has 2 heterocycles. The zero-order chi connectivity index (χ0) is 14.8. The molecule has 4 nitrogen and oxygen atoms in total. The fourth-order valence-electron chi connectivity index (χ4n) is 3.85. The first-order valence-corrected chi connectivity index (χ1v) is 7.60. The fourth-order valence-corrected chi connectivity index (χ4v) is 5.92. The molecule has 106 valence electrons. The maximum Gasteiger partial charge on any atom is 0.327 e. The standard InChI is InChI=1S/C16H12O4S/c1-20-15(19)16-9-5-3-2-4-8(9)14(21-16)12-10(17)6-7-11(18)13(12)16/h2-7,12-14H,1H3/t12-,13+,14-,16+/m0/s1. The maximum absolute atomic E-state index is 12.5. The number of benzene rings is 1. The van der Waals surface area contributed by atoms with Crippen LogP contribution in [-0.2, 0) is 23.9 Å². The molecule has 3 aliphatic rings. The Morgan fingerprint density at radius 2 is 1.90 bits per heavy atom. The van der Waals surface area contributed by atoms with Crippen LogP contribution in [0.1, 0.15) is 16.4 Å². The summed E-state index contributed by atoms with van der Waals surface area (Å²) in [5.74, 6) is -1.77. The molecule has 21 heavy (non-hydrogen) atoms. The molecule has 0 radical (unpaired) electrons. The van der Waals surface area contributed by atoms with Crippen LogP contribution in [0.3, 0.4) is 0 Å². The van der Waals surface area contributed by atoms with Crippen molar-refractivity contribution in [3.8, 4) is 0 Å². The number of esters is 1. The quantitative estimate of drug-likeness (QED) is 0.740. The maximum atomic E-state index is 12.5. The lowest BCUT2D eigenvalue weighted by molar-refractivity contribution is -0.149. The number of carbonyl (C=O) groups excluding carboxylic acids is 3. The molecule has 0 unspecified atom stereocenters. The van der Waals surface area contributed by atoms with Gasteiger partial charge in [-0.3, -0.25) is 14.4 Å². The van der Waals surface area contributed by atoms with E-state index in [0.717, 1.165) is 11.1 Å². The summed E-state index contributed by atoms with van der Waals surface area (Å²) in [7, 11) is 1.33. The van der Waals surface area contributed by atoms with Gasteiger partial charge in [0.15, 0.2) is 11.6 Å². The molecule has 0 saturated carbocycles. The summed E-state index contributed by atoms with van der Waals surface area (Å²) in [6.07, 6.45) is 2.65. The highest BCUT2D eigenvalue weighted by atomic mass is 32.2. The van der Waals surface area contributed by atoms with E-state index in [0.29, 0.717) is 0 Å². The lowest BCUT2D eigenvalue weighted by Crippen LogP contribution is -2.48. The second kappa shape index (κ2) is 4.07. The molecular weight excluding hydrogens is 288 g/mol. The van der Waals surface area contributed by atoms with E-state index >= 15 is 0 Å². The Labute approximate surface area is 125 Å². The molecule has 0 amide bonds. The van der Waals surface area contributed by atoms with Crippen molar-refractivity contribution in [2.75, 3.05) is 7.11 Å². The van der Waals surface area contributed by atoms with Gasteiger partial charge < -0.3 is 4.74 Å². The van der Waals surface area contributed by atoms with Gasteiger partial charge in [0.1, 0.15) is 4.75 Å². The summed E-state index contributed by atoms with van der Waals surface area (Å²) >= 11 is 1.40. The number of thioether (sulfide) groups is 1. The van der Waals surface area contributed by atoms with Gasteiger partial charge in [0.2, 0.25) is 0 Å². The van der Waals surface area contributed by atoms with Crippen LogP contribution in [0, 0.1) is 11.8 Å². The van der Waals surface area contributed by atoms with Crippen LogP contribution >= 0.6 is 11.8 Å². The molecule has 4 rings (SSSR count). The first-order chi connectivity index (χ1) is 10.1. The SMILES string of the molecule is COC(=O)[C@@]12S[C@@H](c3ccccc31)[C@H]1C(=O)C=CC(=O)[C@H]12. The average molecular weight is 300 g/mol. The molecular formula is C16H12O4S. The third-order valence-corrected chi connectivity index (χ3v) is 6.45. The first kappa shape index (κ1) is 12.8. The predicted octanol–water partition coefficient (Wildman–Crippen LogP) is 1.80. The van der Waals surface area contributed by atoms with Crippen molar-refractivity contribution in [3.63, 3.8) is 0 Å². The number of allylic oxidation sites excluding steroid dienone is 2. The third-order valence-electron chi connectivity index (χ3n) is 4.64. The number of ether oxygens (including phenoxy) is 1. The van der Waals surface area contributed by atoms with Crippen LogP contribution in [0.5, 0.6) is 0 Å². The third kappa shape index (κ3) is 1.35. The summed E-state index contributed by atoms with van der Waals surface area (Å²) in [4.78, 5) is 37.2. The number of carbonyl (C=O) groups is 3. The Balaban J connectivity index is 2.01. The van der Waals surface area contributed by atoms with Crippen molar-refractivity contribution >= 4 is 29.3 Å². The number of ketones is 2. The van der Waals surface area contributed by atoms with Crippen LogP contribution in [0.25, 0.3) is 0 Å². The van der Waals surface area contributed by atoms with Crippen molar-refractivity contribution in [2.24, 2.45) is 11.8 Å². The Hall–Kier alpha value is -1.88. The van der Waals surface area contributed by atoms with Crippen LogP contribution in [0.2, 0.25) is 0 Å². The summed E-state index contributed by atoms with van der Waals surface area (Å²) in [5, 5.41) is -0.147. The molecule has 1 saturated heterocycles. The number of hydrogen-bond donors (Lipinski definition) is 0. The van der Waals surface area contributed by atoms with Crippen molar-refractivity contribution in [1.82, 2.24) is 0 Å². The number of hydrogen-bond acceptors (Lipinski definition) is 5. The zero-order valence-corrected chi connectivity index (χ0v) is 12.1.